The third-order valence-electron chi connectivity index (χ3n) is 5.14. The lowest BCUT2D eigenvalue weighted by molar-refractivity contribution is -0.118. The number of rotatable bonds is 6. The third kappa shape index (κ3) is 5.35. The number of likely N-dealkylation sites (N-methyl/N-ethyl adjacent to an activating group) is 1. The van der Waals surface area contributed by atoms with E-state index in [-0.39, 0.29) is 18.3 Å². The first kappa shape index (κ1) is 20.7. The van der Waals surface area contributed by atoms with E-state index in [9.17, 15) is 9.18 Å². The first-order chi connectivity index (χ1) is 15.1. The molecule has 1 saturated heterocycles. The van der Waals surface area contributed by atoms with Crippen LogP contribution in [0.3, 0.4) is 0 Å². The molecule has 31 heavy (non-hydrogen) atoms. The smallest absolute Gasteiger partial charge is 0.262 e. The van der Waals surface area contributed by atoms with Gasteiger partial charge in [-0.1, -0.05) is 24.3 Å². The van der Waals surface area contributed by atoms with E-state index in [1.165, 1.54) is 12.1 Å². The Morgan fingerprint density at radius 1 is 1.00 bits per heavy atom. The van der Waals surface area contributed by atoms with Gasteiger partial charge in [-0.15, -0.1) is 10.2 Å². The molecule has 1 amide bonds. The van der Waals surface area contributed by atoms with Gasteiger partial charge in [0.2, 0.25) is 0 Å². The van der Waals surface area contributed by atoms with Crippen molar-refractivity contribution in [1.82, 2.24) is 15.1 Å². The van der Waals surface area contributed by atoms with Gasteiger partial charge >= 0.3 is 0 Å². The van der Waals surface area contributed by atoms with Crippen molar-refractivity contribution in [1.29, 1.82) is 0 Å². The molecule has 1 aliphatic heterocycles. The molecule has 0 atom stereocenters. The predicted molar refractivity (Wildman–Crippen MR) is 118 cm³/mol. The average molecular weight is 421 g/mol. The summed E-state index contributed by atoms with van der Waals surface area (Å²) in [7, 11) is 2.12. The fourth-order valence-corrected chi connectivity index (χ4v) is 3.31. The number of nitrogens with one attached hydrogen (secondary N) is 1. The highest BCUT2D eigenvalue weighted by Gasteiger charge is 2.15. The van der Waals surface area contributed by atoms with Crippen molar-refractivity contribution in [3.8, 4) is 17.0 Å². The van der Waals surface area contributed by atoms with Crippen molar-refractivity contribution in [2.45, 2.75) is 0 Å². The number of benzene rings is 2. The Bertz CT molecular complexity index is 1020. The molecule has 4 rings (SSSR count). The first-order valence-corrected chi connectivity index (χ1v) is 10.1. The first-order valence-electron chi connectivity index (χ1n) is 10.1. The second-order valence-corrected chi connectivity index (χ2v) is 7.41. The van der Waals surface area contributed by atoms with E-state index in [0.29, 0.717) is 5.69 Å². The van der Waals surface area contributed by atoms with Crippen LogP contribution in [0.25, 0.3) is 11.3 Å². The molecule has 0 spiro atoms. The molecule has 0 radical (unpaired) electrons. The van der Waals surface area contributed by atoms with Crippen molar-refractivity contribution in [2.75, 3.05) is 50.1 Å². The summed E-state index contributed by atoms with van der Waals surface area (Å²) in [6, 6.07) is 17.2. The number of nitrogens with zero attached hydrogens (tertiary/aromatic N) is 4. The fourth-order valence-electron chi connectivity index (χ4n) is 3.31. The average Bonchev–Trinajstić information content (AvgIpc) is 2.80. The zero-order valence-corrected chi connectivity index (χ0v) is 17.3. The number of anilines is 2. The lowest BCUT2D eigenvalue weighted by Gasteiger charge is -2.32. The monoisotopic (exact) mass is 421 g/mol. The van der Waals surface area contributed by atoms with Crippen molar-refractivity contribution in [3.63, 3.8) is 0 Å². The number of piperazine rings is 1. The van der Waals surface area contributed by atoms with E-state index in [1.54, 1.807) is 24.3 Å². The molecule has 2 heterocycles. The van der Waals surface area contributed by atoms with Crippen LogP contribution in [0, 0.1) is 5.82 Å². The zero-order chi connectivity index (χ0) is 21.6. The van der Waals surface area contributed by atoms with Gasteiger partial charge < -0.3 is 19.9 Å². The summed E-state index contributed by atoms with van der Waals surface area (Å²) in [5.41, 5.74) is 2.28. The topological polar surface area (TPSA) is 70.6 Å². The van der Waals surface area contributed by atoms with Crippen LogP contribution in [0.15, 0.2) is 60.7 Å². The van der Waals surface area contributed by atoms with E-state index < -0.39 is 5.82 Å². The Morgan fingerprint density at radius 3 is 2.42 bits per heavy atom. The second kappa shape index (κ2) is 9.53. The quantitative estimate of drug-likeness (QED) is 0.660. The molecule has 8 heteroatoms. The number of hydrogen-bond acceptors (Lipinski definition) is 6. The van der Waals surface area contributed by atoms with Gasteiger partial charge in [0, 0.05) is 37.4 Å². The Hall–Kier alpha value is -3.52. The number of carbonyl (C=O) groups is 1. The van der Waals surface area contributed by atoms with Crippen LogP contribution < -0.4 is 15.0 Å². The molecule has 1 aromatic heterocycles. The van der Waals surface area contributed by atoms with Crippen molar-refractivity contribution >= 4 is 17.4 Å². The molecule has 0 unspecified atom stereocenters. The molecular formula is C23H24FN5O2. The SMILES string of the molecule is CN1CCN(c2ccc(-c3ccc(NC(=O)COc4ccccc4F)cc3)nn2)CC1. The van der Waals surface area contributed by atoms with Gasteiger partial charge in [0.05, 0.1) is 5.69 Å². The maximum atomic E-state index is 13.5. The van der Waals surface area contributed by atoms with Crippen LogP contribution in [0.5, 0.6) is 5.75 Å². The predicted octanol–water partition coefficient (Wildman–Crippen LogP) is 3.05. The van der Waals surface area contributed by atoms with Crippen molar-refractivity contribution in [3.05, 3.63) is 66.5 Å². The van der Waals surface area contributed by atoms with Crippen LogP contribution >= 0.6 is 0 Å². The number of hydrogen-bond donors (Lipinski definition) is 1. The molecule has 2 aromatic carbocycles. The van der Waals surface area contributed by atoms with E-state index >= 15 is 0 Å². The Kier molecular flexibility index (Phi) is 6.37. The molecule has 160 valence electrons. The number of aromatic nitrogens is 2. The van der Waals surface area contributed by atoms with Gasteiger partial charge in [0.25, 0.3) is 5.91 Å². The second-order valence-electron chi connectivity index (χ2n) is 7.41. The highest BCUT2D eigenvalue weighted by Crippen LogP contribution is 2.21. The lowest BCUT2D eigenvalue weighted by atomic mass is 10.1. The molecule has 0 aliphatic carbocycles. The van der Waals surface area contributed by atoms with Crippen molar-refractivity contribution < 1.29 is 13.9 Å². The van der Waals surface area contributed by atoms with E-state index in [4.69, 9.17) is 4.74 Å². The Morgan fingerprint density at radius 2 is 1.74 bits per heavy atom. The number of halogens is 1. The minimum Gasteiger partial charge on any atom is -0.481 e. The molecular weight excluding hydrogens is 397 g/mol. The van der Waals surface area contributed by atoms with E-state index in [1.807, 2.05) is 24.3 Å². The van der Waals surface area contributed by atoms with Crippen LogP contribution in [-0.4, -0.2) is 60.8 Å². The summed E-state index contributed by atoms with van der Waals surface area (Å²) < 4.78 is 18.8. The lowest BCUT2D eigenvalue weighted by Crippen LogP contribution is -2.44. The molecule has 1 N–H and O–H groups in total. The van der Waals surface area contributed by atoms with Crippen LogP contribution in [-0.2, 0) is 4.79 Å². The Labute approximate surface area is 180 Å². The van der Waals surface area contributed by atoms with Crippen molar-refractivity contribution in [2.24, 2.45) is 0 Å². The molecule has 1 aliphatic rings. The molecule has 7 nitrogen and oxygen atoms in total. The van der Waals surface area contributed by atoms with Crippen LogP contribution in [0.2, 0.25) is 0 Å². The number of para-hydroxylation sites is 1. The van der Waals surface area contributed by atoms with Crippen LogP contribution in [0.4, 0.5) is 15.9 Å². The largest absolute Gasteiger partial charge is 0.481 e. The highest BCUT2D eigenvalue weighted by atomic mass is 19.1. The highest BCUT2D eigenvalue weighted by molar-refractivity contribution is 5.92. The minimum atomic E-state index is -0.501. The maximum Gasteiger partial charge on any atom is 0.262 e. The van der Waals surface area contributed by atoms with Gasteiger partial charge in [-0.2, -0.15) is 0 Å². The zero-order valence-electron chi connectivity index (χ0n) is 17.3. The van der Waals surface area contributed by atoms with Gasteiger partial charge in [0.15, 0.2) is 24.0 Å². The molecule has 0 saturated carbocycles. The van der Waals surface area contributed by atoms with Crippen LogP contribution in [0.1, 0.15) is 0 Å². The summed E-state index contributed by atoms with van der Waals surface area (Å²) in [6.45, 7) is 3.64. The number of carbonyl (C=O) groups excluding carboxylic acids is 1. The van der Waals surface area contributed by atoms with Gasteiger partial charge in [-0.05, 0) is 43.4 Å². The number of ether oxygens (including phenoxy) is 1. The standard InChI is InChI=1S/C23H24FN5O2/c1-28-12-14-29(15-13-28)22-11-10-20(26-27-22)17-6-8-18(9-7-17)25-23(30)16-31-21-5-3-2-4-19(21)24/h2-11H,12-16H2,1H3,(H,25,30). The Balaban J connectivity index is 1.32. The summed E-state index contributed by atoms with van der Waals surface area (Å²) in [5, 5.41) is 11.5. The summed E-state index contributed by atoms with van der Waals surface area (Å²) in [6.07, 6.45) is 0. The summed E-state index contributed by atoms with van der Waals surface area (Å²) in [5.74, 6) is 0.0638. The van der Waals surface area contributed by atoms with Gasteiger partial charge in [-0.25, -0.2) is 4.39 Å². The van der Waals surface area contributed by atoms with Gasteiger partial charge in [0.1, 0.15) is 0 Å². The molecule has 1 fully saturated rings. The summed E-state index contributed by atoms with van der Waals surface area (Å²) in [4.78, 5) is 16.6. The minimum absolute atomic E-state index is 0.0478. The van der Waals surface area contributed by atoms with E-state index in [2.05, 4.69) is 32.4 Å². The third-order valence-corrected chi connectivity index (χ3v) is 5.14. The van der Waals surface area contributed by atoms with E-state index in [0.717, 1.165) is 43.3 Å². The number of amides is 1. The molecule has 0 bridgehead atoms. The maximum absolute atomic E-state index is 13.5. The van der Waals surface area contributed by atoms with Gasteiger partial charge in [-0.3, -0.25) is 4.79 Å². The molecule has 3 aromatic rings. The fraction of sp³-hybridized carbons (Fsp3) is 0.261. The normalized spacial score (nSPS) is 14.3. The summed E-state index contributed by atoms with van der Waals surface area (Å²) >= 11 is 0.